The van der Waals surface area contributed by atoms with Gasteiger partial charge in [0.1, 0.15) is 11.5 Å². The Kier molecular flexibility index (Phi) is 4.86. The number of rotatable bonds is 5. The molecule has 3 heterocycles. The summed E-state index contributed by atoms with van der Waals surface area (Å²) < 4.78 is 43.0. The predicted molar refractivity (Wildman–Crippen MR) is 115 cm³/mol. The number of hydrogen-bond donors (Lipinski definition) is 1. The molecule has 1 saturated heterocycles. The summed E-state index contributed by atoms with van der Waals surface area (Å²) in [4.78, 5) is 0.133. The number of nitrogens with zero attached hydrogens (tertiary/aromatic N) is 4. The van der Waals surface area contributed by atoms with Gasteiger partial charge in [-0.1, -0.05) is 6.07 Å². The second kappa shape index (κ2) is 7.58. The lowest BCUT2D eigenvalue weighted by molar-refractivity contribution is 0.399. The maximum Gasteiger partial charge on any atom is 0.243 e. The van der Waals surface area contributed by atoms with Crippen molar-refractivity contribution < 1.29 is 12.8 Å². The van der Waals surface area contributed by atoms with Crippen LogP contribution >= 0.6 is 0 Å². The zero-order valence-corrected chi connectivity index (χ0v) is 17.8. The van der Waals surface area contributed by atoms with Crippen LogP contribution in [0.25, 0.3) is 22.2 Å². The number of sulfonamides is 1. The molecule has 31 heavy (non-hydrogen) atoms. The van der Waals surface area contributed by atoms with Crippen LogP contribution in [0.3, 0.4) is 0 Å². The largest absolute Gasteiger partial charge is 0.347 e. The smallest absolute Gasteiger partial charge is 0.243 e. The highest BCUT2D eigenvalue weighted by atomic mass is 32.2. The maximum absolute atomic E-state index is 13.2. The van der Waals surface area contributed by atoms with Gasteiger partial charge in [0.15, 0.2) is 0 Å². The molecule has 2 atom stereocenters. The minimum absolute atomic E-state index is 0.111. The first-order chi connectivity index (χ1) is 14.9. The molecule has 5 rings (SSSR count). The summed E-state index contributed by atoms with van der Waals surface area (Å²) >= 11 is 0. The van der Waals surface area contributed by atoms with E-state index in [9.17, 15) is 12.8 Å². The Hall–Kier alpha value is -3.04. The summed E-state index contributed by atoms with van der Waals surface area (Å²) in [5, 5.41) is 11.7. The summed E-state index contributed by atoms with van der Waals surface area (Å²) in [6, 6.07) is 13.1. The van der Waals surface area contributed by atoms with Gasteiger partial charge in [0, 0.05) is 41.8 Å². The molecule has 0 spiro atoms. The molecule has 0 radical (unpaired) electrons. The van der Waals surface area contributed by atoms with Crippen molar-refractivity contribution in [2.75, 3.05) is 6.54 Å². The lowest BCUT2D eigenvalue weighted by Gasteiger charge is -2.21. The molecule has 0 saturated carbocycles. The van der Waals surface area contributed by atoms with Crippen LogP contribution in [0.5, 0.6) is 0 Å². The highest BCUT2D eigenvalue weighted by molar-refractivity contribution is 7.89. The normalized spacial score (nSPS) is 19.9. The van der Waals surface area contributed by atoms with E-state index in [1.807, 2.05) is 19.2 Å². The van der Waals surface area contributed by atoms with Crippen LogP contribution in [-0.4, -0.2) is 45.3 Å². The van der Waals surface area contributed by atoms with Gasteiger partial charge in [0.25, 0.3) is 0 Å². The van der Waals surface area contributed by atoms with Crippen molar-refractivity contribution in [3.8, 4) is 11.3 Å². The van der Waals surface area contributed by atoms with E-state index in [-0.39, 0.29) is 16.9 Å². The van der Waals surface area contributed by atoms with Gasteiger partial charge in [-0.25, -0.2) is 12.8 Å². The molecule has 1 aliphatic rings. The number of halogens is 1. The third kappa shape index (κ3) is 3.64. The topological polar surface area (TPSA) is 83.9 Å². The Balaban J connectivity index is 1.35. The van der Waals surface area contributed by atoms with E-state index in [1.54, 1.807) is 10.5 Å². The second-order valence-corrected chi connectivity index (χ2v) is 9.97. The lowest BCUT2D eigenvalue weighted by Crippen LogP contribution is -2.34. The highest BCUT2D eigenvalue weighted by Gasteiger charge is 2.38. The SMILES string of the molecule is C[C@H]1C[C@H](Cn2ccc3cc(-c4cn[nH]n4)ccc32)CN1S(=O)(=O)c1ccc(F)cc1. The van der Waals surface area contributed by atoms with Crippen molar-refractivity contribution in [1.29, 1.82) is 0 Å². The Morgan fingerprint density at radius 1 is 1.16 bits per heavy atom. The summed E-state index contributed by atoms with van der Waals surface area (Å²) in [5.41, 5.74) is 2.88. The number of H-pyrrole nitrogens is 1. The molecule has 7 nitrogen and oxygen atoms in total. The molecule has 2 aromatic carbocycles. The minimum atomic E-state index is -3.65. The molecule has 9 heteroatoms. The molecule has 1 fully saturated rings. The van der Waals surface area contributed by atoms with Crippen LogP contribution in [0.15, 0.2) is 65.8 Å². The number of aromatic amines is 1. The Bertz CT molecular complexity index is 1320. The number of hydrogen-bond acceptors (Lipinski definition) is 4. The van der Waals surface area contributed by atoms with Crippen LogP contribution in [-0.2, 0) is 16.6 Å². The molecule has 2 aromatic heterocycles. The number of fused-ring (bicyclic) bond motifs is 1. The van der Waals surface area contributed by atoms with Crippen LogP contribution in [0, 0.1) is 11.7 Å². The van der Waals surface area contributed by atoms with Crippen molar-refractivity contribution >= 4 is 20.9 Å². The summed E-state index contributed by atoms with van der Waals surface area (Å²) in [7, 11) is -3.65. The Morgan fingerprint density at radius 2 is 1.97 bits per heavy atom. The van der Waals surface area contributed by atoms with Crippen LogP contribution in [0.1, 0.15) is 13.3 Å². The Labute approximate surface area is 179 Å². The van der Waals surface area contributed by atoms with Crippen LogP contribution < -0.4 is 0 Å². The van der Waals surface area contributed by atoms with Crippen molar-refractivity contribution in [3.63, 3.8) is 0 Å². The van der Waals surface area contributed by atoms with E-state index in [2.05, 4.69) is 38.2 Å². The first-order valence-corrected chi connectivity index (χ1v) is 11.6. The summed E-state index contributed by atoms with van der Waals surface area (Å²) in [5.74, 6) is -0.256. The molecule has 0 aliphatic carbocycles. The Morgan fingerprint density at radius 3 is 2.71 bits per heavy atom. The highest BCUT2D eigenvalue weighted by Crippen LogP contribution is 2.32. The molecular formula is C22H22FN5O2S. The minimum Gasteiger partial charge on any atom is -0.347 e. The maximum atomic E-state index is 13.2. The molecule has 0 unspecified atom stereocenters. The second-order valence-electron chi connectivity index (χ2n) is 8.08. The van der Waals surface area contributed by atoms with Gasteiger partial charge in [-0.3, -0.25) is 0 Å². The van der Waals surface area contributed by atoms with Gasteiger partial charge in [-0.15, -0.1) is 0 Å². The molecule has 0 amide bonds. The molecule has 160 valence electrons. The van der Waals surface area contributed by atoms with E-state index in [1.165, 1.54) is 24.3 Å². The fourth-order valence-electron chi connectivity index (χ4n) is 4.46. The zero-order chi connectivity index (χ0) is 21.6. The number of aromatic nitrogens is 4. The third-order valence-corrected chi connectivity index (χ3v) is 7.96. The van der Waals surface area contributed by atoms with E-state index in [0.717, 1.165) is 35.1 Å². The quantitative estimate of drug-likeness (QED) is 0.514. The van der Waals surface area contributed by atoms with E-state index >= 15 is 0 Å². The van der Waals surface area contributed by atoms with E-state index < -0.39 is 15.8 Å². The van der Waals surface area contributed by atoms with Gasteiger partial charge in [-0.2, -0.15) is 19.7 Å². The van der Waals surface area contributed by atoms with Crippen LogP contribution in [0.4, 0.5) is 4.39 Å². The fraction of sp³-hybridized carbons (Fsp3) is 0.273. The van der Waals surface area contributed by atoms with Gasteiger partial charge < -0.3 is 4.57 Å². The number of benzene rings is 2. The first-order valence-electron chi connectivity index (χ1n) is 10.1. The summed E-state index contributed by atoms with van der Waals surface area (Å²) in [6.45, 7) is 3.10. The van der Waals surface area contributed by atoms with Gasteiger partial charge in [-0.05, 0) is 61.7 Å². The summed E-state index contributed by atoms with van der Waals surface area (Å²) in [6.07, 6.45) is 4.50. The van der Waals surface area contributed by atoms with Gasteiger partial charge in [0.2, 0.25) is 10.0 Å². The van der Waals surface area contributed by atoms with Crippen LogP contribution in [0.2, 0.25) is 0 Å². The average molecular weight is 440 g/mol. The average Bonchev–Trinajstić information content (AvgIpc) is 3.49. The van der Waals surface area contributed by atoms with Gasteiger partial charge >= 0.3 is 0 Å². The van der Waals surface area contributed by atoms with E-state index in [0.29, 0.717) is 6.54 Å². The predicted octanol–water partition coefficient (Wildman–Crippen LogP) is 3.66. The van der Waals surface area contributed by atoms with Crippen molar-refractivity contribution in [2.24, 2.45) is 5.92 Å². The zero-order valence-electron chi connectivity index (χ0n) is 16.9. The molecule has 4 aromatic rings. The molecular weight excluding hydrogens is 417 g/mol. The lowest BCUT2D eigenvalue weighted by atomic mass is 10.1. The standard InChI is InChI=1S/C22H22FN5O2S/c1-15-10-16(14-28(15)31(29,30)20-5-3-19(23)4-6-20)13-27-9-8-18-11-17(2-7-22(18)27)21-12-24-26-25-21/h2-9,11-12,15-16H,10,13-14H2,1H3,(H,24,25,26)/t15-,16+/m0/s1. The monoisotopic (exact) mass is 439 g/mol. The molecule has 0 bridgehead atoms. The number of nitrogens with one attached hydrogen (secondary N) is 1. The molecule has 1 N–H and O–H groups in total. The van der Waals surface area contributed by atoms with E-state index in [4.69, 9.17) is 0 Å². The molecule has 1 aliphatic heterocycles. The fourth-order valence-corrected chi connectivity index (χ4v) is 6.17. The third-order valence-electron chi connectivity index (χ3n) is 5.96. The van der Waals surface area contributed by atoms with Gasteiger partial charge in [0.05, 0.1) is 11.1 Å². The van der Waals surface area contributed by atoms with Crippen molar-refractivity contribution in [1.82, 2.24) is 24.3 Å². The van der Waals surface area contributed by atoms with Crippen molar-refractivity contribution in [2.45, 2.75) is 30.8 Å². The first kappa shape index (κ1) is 19.9. The van der Waals surface area contributed by atoms with Crippen molar-refractivity contribution in [3.05, 3.63) is 66.7 Å².